The van der Waals surface area contributed by atoms with E-state index < -0.39 is 36.0 Å². The zero-order valence-corrected chi connectivity index (χ0v) is 15.8. The van der Waals surface area contributed by atoms with Gasteiger partial charge in [0.05, 0.1) is 23.5 Å². The largest absolute Gasteiger partial charge is 0.329 e. The normalized spacial score (nSPS) is 24.4. The highest BCUT2D eigenvalue weighted by atomic mass is 19.3. The first kappa shape index (κ1) is 19.2. The Hall–Kier alpha value is -3.15. The van der Waals surface area contributed by atoms with Gasteiger partial charge in [0, 0.05) is 26.1 Å². The molecule has 1 N–H and O–H groups in total. The fraction of sp³-hybridized carbons (Fsp3) is 0.450. The standard InChI is InChI=1S/C20H20F2N4O3/c1-3-25-10-9-13(20(21,22)11-25)12-5-4-6-14-17(12)24(2)19(29)26(14)15-7-8-16(27)23-18(15)28/h1,4-6,13,15H,7-11H2,2H3,(H,23,27,28). The van der Waals surface area contributed by atoms with Gasteiger partial charge in [0.2, 0.25) is 11.8 Å². The highest BCUT2D eigenvalue weighted by molar-refractivity contribution is 6.00. The molecule has 0 saturated carbocycles. The Kier molecular flexibility index (Phi) is 4.45. The first-order valence-corrected chi connectivity index (χ1v) is 9.37. The van der Waals surface area contributed by atoms with E-state index in [0.717, 1.165) is 0 Å². The number of nitrogens with zero attached hydrogens (tertiary/aromatic N) is 3. The number of alkyl halides is 2. The van der Waals surface area contributed by atoms with E-state index >= 15 is 0 Å². The van der Waals surface area contributed by atoms with E-state index in [4.69, 9.17) is 6.42 Å². The monoisotopic (exact) mass is 402 g/mol. The molecule has 0 radical (unpaired) electrons. The van der Waals surface area contributed by atoms with Gasteiger partial charge in [0.25, 0.3) is 5.92 Å². The van der Waals surface area contributed by atoms with Crippen molar-refractivity contribution in [3.8, 4) is 12.5 Å². The SMILES string of the molecule is C#CN1CCC(c2cccc3c2n(C)c(=O)n3C2CCC(=O)NC2=O)C(F)(F)C1. The highest BCUT2D eigenvalue weighted by Crippen LogP contribution is 2.42. The number of imidazole rings is 1. The Morgan fingerprint density at radius 3 is 2.66 bits per heavy atom. The third-order valence-corrected chi connectivity index (χ3v) is 5.81. The molecule has 2 saturated heterocycles. The summed E-state index contributed by atoms with van der Waals surface area (Å²) in [6.07, 6.45) is 5.73. The Labute approximate surface area is 165 Å². The second kappa shape index (κ2) is 6.72. The second-order valence-corrected chi connectivity index (χ2v) is 7.55. The van der Waals surface area contributed by atoms with Crippen molar-refractivity contribution >= 4 is 22.8 Å². The minimum Gasteiger partial charge on any atom is -0.327 e. The lowest BCUT2D eigenvalue weighted by Gasteiger charge is -2.37. The molecule has 7 nitrogen and oxygen atoms in total. The number of hydrogen-bond acceptors (Lipinski definition) is 4. The number of benzene rings is 1. The Morgan fingerprint density at radius 1 is 1.24 bits per heavy atom. The fourth-order valence-electron chi connectivity index (χ4n) is 4.41. The summed E-state index contributed by atoms with van der Waals surface area (Å²) in [5, 5.41) is 2.24. The highest BCUT2D eigenvalue weighted by Gasteiger charge is 2.46. The number of halogens is 2. The molecule has 29 heavy (non-hydrogen) atoms. The van der Waals surface area contributed by atoms with Gasteiger partial charge in [-0.15, -0.1) is 0 Å². The van der Waals surface area contributed by atoms with Gasteiger partial charge in [0.1, 0.15) is 6.04 Å². The van der Waals surface area contributed by atoms with E-state index in [2.05, 4.69) is 11.4 Å². The molecule has 0 bridgehead atoms. The number of nitrogens with one attached hydrogen (secondary N) is 1. The van der Waals surface area contributed by atoms with E-state index in [0.29, 0.717) is 23.1 Å². The number of hydrogen-bond donors (Lipinski definition) is 1. The van der Waals surface area contributed by atoms with Crippen LogP contribution in [0.15, 0.2) is 23.0 Å². The molecule has 2 atom stereocenters. The van der Waals surface area contributed by atoms with Crippen LogP contribution in [0.1, 0.15) is 36.8 Å². The average molecular weight is 402 g/mol. The molecule has 2 unspecified atom stereocenters. The molecule has 0 aliphatic carbocycles. The van der Waals surface area contributed by atoms with E-state index in [1.54, 1.807) is 18.2 Å². The van der Waals surface area contributed by atoms with E-state index in [9.17, 15) is 23.2 Å². The van der Waals surface area contributed by atoms with Crippen LogP contribution in [0, 0.1) is 12.5 Å². The summed E-state index contributed by atoms with van der Waals surface area (Å²) in [5.74, 6) is -5.11. The van der Waals surface area contributed by atoms with Gasteiger partial charge in [-0.1, -0.05) is 18.6 Å². The summed E-state index contributed by atoms with van der Waals surface area (Å²) in [6, 6.07) is 6.26. The van der Waals surface area contributed by atoms with E-state index in [1.165, 1.54) is 21.1 Å². The number of terminal acetylenes is 1. The summed E-state index contributed by atoms with van der Waals surface area (Å²) >= 11 is 0. The van der Waals surface area contributed by atoms with Crippen molar-refractivity contribution in [3.63, 3.8) is 0 Å². The van der Waals surface area contributed by atoms with Crippen LogP contribution in [-0.2, 0) is 16.6 Å². The number of aryl methyl sites for hydroxylation is 1. The number of fused-ring (bicyclic) bond motifs is 1. The first-order valence-electron chi connectivity index (χ1n) is 9.37. The topological polar surface area (TPSA) is 76.3 Å². The number of carbonyl (C=O) groups excluding carboxylic acids is 2. The maximum Gasteiger partial charge on any atom is 0.329 e. The molecular formula is C20H20F2N4O3. The number of carbonyl (C=O) groups is 2. The lowest BCUT2D eigenvalue weighted by atomic mass is 9.85. The third kappa shape index (κ3) is 2.99. The van der Waals surface area contributed by atoms with Crippen LogP contribution in [0.5, 0.6) is 0 Å². The Bertz CT molecular complexity index is 1110. The van der Waals surface area contributed by atoms with Crippen LogP contribution in [0.2, 0.25) is 0 Å². The van der Waals surface area contributed by atoms with Crippen LogP contribution in [0.3, 0.4) is 0 Å². The molecule has 1 aromatic heterocycles. The zero-order chi connectivity index (χ0) is 20.9. The van der Waals surface area contributed by atoms with Crippen LogP contribution in [-0.4, -0.2) is 44.9 Å². The van der Waals surface area contributed by atoms with Crippen LogP contribution in [0.4, 0.5) is 8.78 Å². The minimum absolute atomic E-state index is 0.113. The van der Waals surface area contributed by atoms with Gasteiger partial charge >= 0.3 is 5.69 Å². The van der Waals surface area contributed by atoms with Crippen molar-refractivity contribution in [2.24, 2.45) is 7.05 Å². The van der Waals surface area contributed by atoms with Gasteiger partial charge < -0.3 is 4.90 Å². The fourth-order valence-corrected chi connectivity index (χ4v) is 4.41. The number of amides is 2. The Balaban J connectivity index is 1.85. The maximum absolute atomic E-state index is 14.9. The zero-order valence-electron chi connectivity index (χ0n) is 15.8. The van der Waals surface area contributed by atoms with Gasteiger partial charge in [-0.3, -0.25) is 24.0 Å². The van der Waals surface area contributed by atoms with Crippen molar-refractivity contribution in [2.45, 2.75) is 37.1 Å². The summed E-state index contributed by atoms with van der Waals surface area (Å²) in [7, 11) is 1.51. The number of rotatable bonds is 2. The van der Waals surface area contributed by atoms with Crippen LogP contribution >= 0.6 is 0 Å². The molecule has 2 fully saturated rings. The molecule has 2 aromatic rings. The predicted molar refractivity (Wildman–Crippen MR) is 101 cm³/mol. The van der Waals surface area contributed by atoms with Crippen molar-refractivity contribution < 1.29 is 18.4 Å². The molecule has 152 valence electrons. The van der Waals surface area contributed by atoms with E-state index in [1.807, 2.05) is 0 Å². The molecule has 4 rings (SSSR count). The van der Waals surface area contributed by atoms with Crippen LogP contribution in [0.25, 0.3) is 11.0 Å². The van der Waals surface area contributed by atoms with Crippen LogP contribution < -0.4 is 11.0 Å². The van der Waals surface area contributed by atoms with Gasteiger partial charge in [-0.05, 0) is 24.5 Å². The quantitative estimate of drug-likeness (QED) is 0.608. The minimum atomic E-state index is -3.06. The average Bonchev–Trinajstić information content (AvgIpc) is 2.92. The number of para-hydroxylation sites is 1. The molecule has 3 heterocycles. The number of likely N-dealkylation sites (tertiary alicyclic amines) is 1. The molecular weight excluding hydrogens is 382 g/mol. The smallest absolute Gasteiger partial charge is 0.327 e. The molecule has 2 amide bonds. The number of aromatic nitrogens is 2. The molecule has 0 spiro atoms. The van der Waals surface area contributed by atoms with Gasteiger partial charge in [-0.25, -0.2) is 13.6 Å². The molecule has 1 aromatic carbocycles. The number of imide groups is 1. The lowest BCUT2D eigenvalue weighted by Crippen LogP contribution is -2.45. The molecule has 2 aliphatic rings. The Morgan fingerprint density at radius 2 is 2.00 bits per heavy atom. The van der Waals surface area contributed by atoms with Crippen molar-refractivity contribution in [1.82, 2.24) is 19.4 Å². The molecule has 9 heteroatoms. The van der Waals surface area contributed by atoms with Crippen molar-refractivity contribution in [3.05, 3.63) is 34.2 Å². The maximum atomic E-state index is 14.9. The number of piperidine rings is 2. The first-order chi connectivity index (χ1) is 13.7. The van der Waals surface area contributed by atoms with E-state index in [-0.39, 0.29) is 25.2 Å². The molecule has 2 aliphatic heterocycles. The van der Waals surface area contributed by atoms with Gasteiger partial charge in [-0.2, -0.15) is 0 Å². The van der Waals surface area contributed by atoms with Gasteiger partial charge in [0.15, 0.2) is 0 Å². The summed E-state index contributed by atoms with van der Waals surface area (Å²) in [6.45, 7) is -0.221. The van der Waals surface area contributed by atoms with Crippen molar-refractivity contribution in [2.75, 3.05) is 13.1 Å². The third-order valence-electron chi connectivity index (χ3n) is 5.81. The predicted octanol–water partition coefficient (Wildman–Crippen LogP) is 1.33. The van der Waals surface area contributed by atoms with Crippen molar-refractivity contribution in [1.29, 1.82) is 0 Å². The summed E-state index contributed by atoms with van der Waals surface area (Å²) < 4.78 is 32.4. The lowest BCUT2D eigenvalue weighted by molar-refractivity contribution is -0.135. The second-order valence-electron chi connectivity index (χ2n) is 7.55. The summed E-state index contributed by atoms with van der Waals surface area (Å²) in [5.41, 5.74) is 0.654. The summed E-state index contributed by atoms with van der Waals surface area (Å²) in [4.78, 5) is 38.0.